The van der Waals surface area contributed by atoms with E-state index in [0.717, 1.165) is 5.57 Å². The maximum Gasteiger partial charge on any atom is 0.311 e. The van der Waals surface area contributed by atoms with Gasteiger partial charge >= 0.3 is 5.97 Å². The first-order chi connectivity index (χ1) is 20.0. The Bertz CT molecular complexity index is 1110. The number of ether oxygens (including phenoxy) is 6. The molecule has 0 spiro atoms. The minimum atomic E-state index is -1.33. The SMILES string of the molecule is C=C1CO[C@H]2[C@@H](C)[C@@H](O[C@@H]3O[C@H](C)C[C@H](N(C)C)[C@H]3O)[C@@](C)(C[C@@H](C)C3=C(C)C(=O)C(C)(O3)[C@@H](CC)OC(=O)[C@@H]2C)OC1. The third-order valence-electron chi connectivity index (χ3n) is 9.99. The van der Waals surface area contributed by atoms with Crippen molar-refractivity contribution < 1.29 is 43.1 Å². The second-order valence-corrected chi connectivity index (χ2v) is 13.9. The van der Waals surface area contributed by atoms with Gasteiger partial charge in [0, 0.05) is 23.5 Å². The summed E-state index contributed by atoms with van der Waals surface area (Å²) in [6, 6.07) is -0.171. The van der Waals surface area contributed by atoms with E-state index in [-0.39, 0.29) is 37.1 Å². The molecule has 4 rings (SSSR count). The molecule has 3 saturated heterocycles. The van der Waals surface area contributed by atoms with Gasteiger partial charge < -0.3 is 38.4 Å². The average molecular weight is 608 g/mol. The molecule has 1 unspecified atom stereocenters. The summed E-state index contributed by atoms with van der Waals surface area (Å²) in [5.41, 5.74) is -1.07. The first-order valence-electron chi connectivity index (χ1n) is 15.8. The third-order valence-corrected chi connectivity index (χ3v) is 9.99. The van der Waals surface area contributed by atoms with Crippen molar-refractivity contribution in [2.75, 3.05) is 27.3 Å². The van der Waals surface area contributed by atoms with Crippen LogP contribution >= 0.6 is 0 Å². The molecule has 0 aromatic rings. The van der Waals surface area contributed by atoms with Gasteiger partial charge in [0.2, 0.25) is 11.4 Å². The van der Waals surface area contributed by atoms with Crippen molar-refractivity contribution in [2.24, 2.45) is 17.8 Å². The maximum atomic E-state index is 13.8. The molecule has 0 aliphatic carbocycles. The highest BCUT2D eigenvalue weighted by Gasteiger charge is 2.55. The van der Waals surface area contributed by atoms with E-state index in [2.05, 4.69) is 6.58 Å². The number of fused-ring (bicyclic) bond motifs is 5. The Morgan fingerprint density at radius 3 is 2.42 bits per heavy atom. The summed E-state index contributed by atoms with van der Waals surface area (Å²) in [5.74, 6) is -1.48. The predicted molar refractivity (Wildman–Crippen MR) is 160 cm³/mol. The van der Waals surface area contributed by atoms with E-state index in [1.54, 1.807) is 20.8 Å². The number of cyclic esters (lactones) is 1. The largest absolute Gasteiger partial charge is 0.479 e. The van der Waals surface area contributed by atoms with Gasteiger partial charge in [-0.3, -0.25) is 9.59 Å². The van der Waals surface area contributed by atoms with Gasteiger partial charge in [-0.15, -0.1) is 0 Å². The zero-order chi connectivity index (χ0) is 32.0. The van der Waals surface area contributed by atoms with E-state index in [4.69, 9.17) is 28.4 Å². The fourth-order valence-corrected chi connectivity index (χ4v) is 7.51. The summed E-state index contributed by atoms with van der Waals surface area (Å²) in [4.78, 5) is 29.4. The Morgan fingerprint density at radius 1 is 1.12 bits per heavy atom. The summed E-state index contributed by atoms with van der Waals surface area (Å²) in [6.45, 7) is 19.6. The van der Waals surface area contributed by atoms with Gasteiger partial charge in [0.25, 0.3) is 0 Å². The molecule has 4 heterocycles. The summed E-state index contributed by atoms with van der Waals surface area (Å²) in [7, 11) is 3.86. The number of hydrogen-bond acceptors (Lipinski definition) is 10. The van der Waals surface area contributed by atoms with E-state index < -0.39 is 59.7 Å². The molecule has 4 aliphatic rings. The molecule has 10 nitrogen and oxygen atoms in total. The normalized spacial score (nSPS) is 45.0. The number of aliphatic hydroxyl groups is 1. The molecule has 0 aromatic carbocycles. The molecule has 4 aliphatic heterocycles. The molecule has 244 valence electrons. The quantitative estimate of drug-likeness (QED) is 0.374. The van der Waals surface area contributed by atoms with Crippen LogP contribution in [0.2, 0.25) is 0 Å². The lowest BCUT2D eigenvalue weighted by Gasteiger charge is -2.48. The summed E-state index contributed by atoms with van der Waals surface area (Å²) >= 11 is 0. The predicted octanol–water partition coefficient (Wildman–Crippen LogP) is 3.79. The van der Waals surface area contributed by atoms with Crippen LogP contribution in [-0.2, 0) is 38.0 Å². The lowest BCUT2D eigenvalue weighted by molar-refractivity contribution is -0.302. The summed E-state index contributed by atoms with van der Waals surface area (Å²) < 4.78 is 38.7. The van der Waals surface area contributed by atoms with E-state index in [1.807, 2.05) is 53.6 Å². The molecule has 0 saturated carbocycles. The minimum Gasteiger partial charge on any atom is -0.479 e. The molecule has 10 heteroatoms. The van der Waals surface area contributed by atoms with Crippen molar-refractivity contribution in [1.29, 1.82) is 0 Å². The monoisotopic (exact) mass is 607 g/mol. The second kappa shape index (κ2) is 12.9. The Labute approximate surface area is 257 Å². The number of nitrogens with zero attached hydrogens (tertiary/aromatic N) is 1. The van der Waals surface area contributed by atoms with Crippen LogP contribution in [0.3, 0.4) is 0 Å². The van der Waals surface area contributed by atoms with Crippen molar-refractivity contribution in [3.05, 3.63) is 23.5 Å². The molecule has 0 amide bonds. The third kappa shape index (κ3) is 6.47. The van der Waals surface area contributed by atoms with Crippen LogP contribution in [-0.4, -0.2) is 103 Å². The first-order valence-corrected chi connectivity index (χ1v) is 15.8. The highest BCUT2D eigenvalue weighted by molar-refractivity contribution is 6.04. The number of carbonyl (C=O) groups excluding carboxylic acids is 2. The molecule has 0 radical (unpaired) electrons. The van der Waals surface area contributed by atoms with Crippen molar-refractivity contribution in [1.82, 2.24) is 4.90 Å². The molecular weight excluding hydrogens is 554 g/mol. The van der Waals surface area contributed by atoms with Crippen LogP contribution in [0, 0.1) is 17.8 Å². The summed E-state index contributed by atoms with van der Waals surface area (Å²) in [6.07, 6.45) is -2.64. The van der Waals surface area contributed by atoms with E-state index in [0.29, 0.717) is 30.6 Å². The molecule has 43 heavy (non-hydrogen) atoms. The van der Waals surface area contributed by atoms with Gasteiger partial charge in [-0.2, -0.15) is 0 Å². The number of aliphatic hydroxyl groups excluding tert-OH is 1. The number of rotatable bonds is 4. The van der Waals surface area contributed by atoms with Gasteiger partial charge in [0.1, 0.15) is 18.0 Å². The van der Waals surface area contributed by atoms with Gasteiger partial charge in [-0.05, 0) is 73.5 Å². The second-order valence-electron chi connectivity index (χ2n) is 13.9. The smallest absolute Gasteiger partial charge is 0.311 e. The molecular formula is C33H53NO9. The lowest BCUT2D eigenvalue weighted by Crippen LogP contribution is -2.59. The van der Waals surface area contributed by atoms with E-state index in [9.17, 15) is 14.7 Å². The zero-order valence-electron chi connectivity index (χ0n) is 27.7. The van der Waals surface area contributed by atoms with Gasteiger partial charge in [0.15, 0.2) is 6.29 Å². The Hall–Kier alpha value is -1.82. The Morgan fingerprint density at radius 2 is 1.79 bits per heavy atom. The van der Waals surface area contributed by atoms with Crippen molar-refractivity contribution in [3.8, 4) is 0 Å². The number of allylic oxidation sites excluding steroid dienone is 1. The number of Topliss-reactive ketones (excluding diaryl/α,β-unsaturated/α-hetero) is 1. The number of esters is 1. The standard InChI is InChI=1S/C33H53NO9/c1-12-24-33(9)28(36)20(5)26(43-33)18(3)14-32(8)29(42-31-25(35)23(34(10)11)13-19(4)40-31)21(6)27(22(7)30(37)41-24)38-15-17(2)16-39-32/h18-19,21-25,27,29,31,35H,2,12-16H2,1,3-11H3/t18-,19-,21-,22-,23+,24-,25-,27+,29-,31+,32-,33?/m1/s1. The first kappa shape index (κ1) is 34.1. The van der Waals surface area contributed by atoms with E-state index >= 15 is 0 Å². The lowest BCUT2D eigenvalue weighted by atomic mass is 9.77. The van der Waals surface area contributed by atoms with Crippen LogP contribution in [0.25, 0.3) is 0 Å². The fraction of sp³-hybridized carbons (Fsp3) is 0.818. The number of hydrogen-bond donors (Lipinski definition) is 1. The van der Waals surface area contributed by atoms with Crippen LogP contribution < -0.4 is 0 Å². The number of ketones is 1. The summed E-state index contributed by atoms with van der Waals surface area (Å²) in [5, 5.41) is 11.4. The van der Waals surface area contributed by atoms with Crippen LogP contribution in [0.5, 0.6) is 0 Å². The fourth-order valence-electron chi connectivity index (χ4n) is 7.51. The van der Waals surface area contributed by atoms with Gasteiger partial charge in [0.05, 0.1) is 43.0 Å². The van der Waals surface area contributed by atoms with Gasteiger partial charge in [-0.1, -0.05) is 27.4 Å². The highest BCUT2D eigenvalue weighted by Crippen LogP contribution is 2.45. The van der Waals surface area contributed by atoms with Crippen LogP contribution in [0.1, 0.15) is 74.7 Å². The number of likely N-dealkylation sites (N-methyl/N-ethyl adjacent to an activating group) is 1. The Kier molecular flexibility index (Phi) is 10.2. The molecule has 4 bridgehead atoms. The highest BCUT2D eigenvalue weighted by atomic mass is 16.7. The van der Waals surface area contributed by atoms with Crippen molar-refractivity contribution >= 4 is 11.8 Å². The molecule has 3 fully saturated rings. The van der Waals surface area contributed by atoms with Crippen molar-refractivity contribution in [2.45, 2.75) is 129 Å². The van der Waals surface area contributed by atoms with Gasteiger partial charge in [-0.25, -0.2) is 0 Å². The van der Waals surface area contributed by atoms with Crippen LogP contribution in [0.4, 0.5) is 0 Å². The minimum absolute atomic E-state index is 0.150. The molecule has 1 N–H and O–H groups in total. The zero-order valence-corrected chi connectivity index (χ0v) is 27.7. The Balaban J connectivity index is 1.84. The van der Waals surface area contributed by atoms with Crippen molar-refractivity contribution in [3.63, 3.8) is 0 Å². The maximum absolute atomic E-state index is 13.8. The number of carbonyl (C=O) groups is 2. The topological polar surface area (TPSA) is 113 Å². The average Bonchev–Trinajstić information content (AvgIpc) is 3.20. The van der Waals surface area contributed by atoms with Crippen LogP contribution in [0.15, 0.2) is 23.5 Å². The molecule has 12 atom stereocenters. The molecule has 0 aromatic heterocycles. The van der Waals surface area contributed by atoms with E-state index in [1.165, 1.54) is 0 Å².